The Kier molecular flexibility index (Phi) is 8.23. The number of carbonyl (C=O) groups is 2. The van der Waals surface area contributed by atoms with Gasteiger partial charge in [0.25, 0.3) is 0 Å². The Morgan fingerprint density at radius 3 is 2.26 bits per heavy atom. The molecule has 0 aromatic heterocycles. The van der Waals surface area contributed by atoms with Crippen molar-refractivity contribution in [2.75, 3.05) is 18.1 Å². The van der Waals surface area contributed by atoms with Crippen LogP contribution in [0.1, 0.15) is 20.8 Å². The first-order valence-corrected chi connectivity index (χ1v) is 7.14. The zero-order valence-corrected chi connectivity index (χ0v) is 12.6. The van der Waals surface area contributed by atoms with E-state index in [1.165, 1.54) is 0 Å². The maximum Gasteiger partial charge on any atom is 0.330 e. The van der Waals surface area contributed by atoms with E-state index in [4.69, 9.17) is 9.47 Å². The molecule has 0 aliphatic heterocycles. The molecule has 0 aliphatic carbocycles. The molecule has 0 aliphatic rings. The van der Waals surface area contributed by atoms with Crippen LogP contribution in [-0.4, -0.2) is 36.2 Å². The molecule has 0 N–H and O–H groups in total. The number of rotatable bonds is 8. The van der Waals surface area contributed by atoms with E-state index in [-0.39, 0.29) is 12.0 Å². The van der Waals surface area contributed by atoms with Crippen LogP contribution in [-0.2, 0) is 19.1 Å². The summed E-state index contributed by atoms with van der Waals surface area (Å²) in [5.41, 5.74) is 0.190. The number of ether oxygens (including phenoxy) is 2. The van der Waals surface area contributed by atoms with Crippen molar-refractivity contribution in [1.82, 2.24) is 0 Å². The fraction of sp³-hybridized carbons (Fsp3) is 0.571. The molecule has 0 amide bonds. The van der Waals surface area contributed by atoms with Crippen LogP contribution < -0.4 is 0 Å². The summed E-state index contributed by atoms with van der Waals surface area (Å²) in [5.74, 6) is 0.447. The third kappa shape index (κ3) is 10.4. The van der Waals surface area contributed by atoms with Gasteiger partial charge in [-0.1, -0.05) is 33.9 Å². The van der Waals surface area contributed by atoms with Crippen molar-refractivity contribution in [3.63, 3.8) is 0 Å². The van der Waals surface area contributed by atoms with Gasteiger partial charge in [-0.2, -0.15) is 11.8 Å². The van der Waals surface area contributed by atoms with E-state index in [0.29, 0.717) is 5.75 Å². The second-order valence-electron chi connectivity index (χ2n) is 5.17. The SMILES string of the molecule is C=CC(=O)OCC(CSCC(C)(C)C)OC(=O)C=C. The Hall–Kier alpha value is -1.23. The van der Waals surface area contributed by atoms with Crippen LogP contribution in [0.2, 0.25) is 0 Å². The Bertz CT molecular complexity index is 331. The second kappa shape index (κ2) is 8.80. The van der Waals surface area contributed by atoms with Crippen molar-refractivity contribution in [3.8, 4) is 0 Å². The van der Waals surface area contributed by atoms with Crippen LogP contribution in [0.25, 0.3) is 0 Å². The van der Waals surface area contributed by atoms with Gasteiger partial charge in [-0.25, -0.2) is 9.59 Å². The second-order valence-corrected chi connectivity index (χ2v) is 6.20. The number of thioether (sulfide) groups is 1. The summed E-state index contributed by atoms with van der Waals surface area (Å²) in [7, 11) is 0. The summed E-state index contributed by atoms with van der Waals surface area (Å²) in [6.45, 7) is 13.1. The van der Waals surface area contributed by atoms with E-state index in [2.05, 4.69) is 33.9 Å². The molecule has 19 heavy (non-hydrogen) atoms. The first-order valence-electron chi connectivity index (χ1n) is 5.98. The van der Waals surface area contributed by atoms with Crippen molar-refractivity contribution in [2.45, 2.75) is 26.9 Å². The van der Waals surface area contributed by atoms with E-state index in [0.717, 1.165) is 17.9 Å². The summed E-state index contributed by atoms with van der Waals surface area (Å²) in [4.78, 5) is 22.2. The van der Waals surface area contributed by atoms with E-state index >= 15 is 0 Å². The summed E-state index contributed by atoms with van der Waals surface area (Å²) in [6.07, 6.45) is 1.70. The van der Waals surface area contributed by atoms with Gasteiger partial charge in [-0.3, -0.25) is 0 Å². The molecule has 0 bridgehead atoms. The molecule has 108 valence electrons. The van der Waals surface area contributed by atoms with Gasteiger partial charge >= 0.3 is 11.9 Å². The normalized spacial score (nSPS) is 12.4. The average Bonchev–Trinajstić information content (AvgIpc) is 2.33. The molecule has 1 atom stereocenters. The molecule has 0 spiro atoms. The van der Waals surface area contributed by atoms with Gasteiger partial charge in [-0.05, 0) is 11.2 Å². The van der Waals surface area contributed by atoms with Crippen LogP contribution in [0, 0.1) is 5.41 Å². The third-order valence-electron chi connectivity index (χ3n) is 1.87. The minimum absolute atomic E-state index is 0.0293. The van der Waals surface area contributed by atoms with Crippen LogP contribution in [0.4, 0.5) is 0 Å². The molecule has 0 aromatic rings. The van der Waals surface area contributed by atoms with Crippen molar-refractivity contribution >= 4 is 23.7 Å². The molecule has 4 nitrogen and oxygen atoms in total. The van der Waals surface area contributed by atoms with Crippen LogP contribution in [0.5, 0.6) is 0 Å². The fourth-order valence-corrected chi connectivity index (χ4v) is 2.22. The Morgan fingerprint density at radius 1 is 1.21 bits per heavy atom. The van der Waals surface area contributed by atoms with Crippen LogP contribution in [0.15, 0.2) is 25.3 Å². The zero-order chi connectivity index (χ0) is 14.9. The number of hydrogen-bond acceptors (Lipinski definition) is 5. The highest BCUT2D eigenvalue weighted by atomic mass is 32.2. The minimum atomic E-state index is -0.527. The minimum Gasteiger partial charge on any atom is -0.459 e. The third-order valence-corrected chi connectivity index (χ3v) is 3.54. The molecule has 0 fully saturated rings. The first-order chi connectivity index (χ1) is 8.78. The van der Waals surface area contributed by atoms with Gasteiger partial charge in [0.1, 0.15) is 12.7 Å². The monoisotopic (exact) mass is 286 g/mol. The predicted octanol–water partition coefficient (Wildman–Crippen LogP) is 2.59. The topological polar surface area (TPSA) is 52.6 Å². The molecule has 0 saturated carbocycles. The lowest BCUT2D eigenvalue weighted by atomic mass is 10.0. The fourth-order valence-electron chi connectivity index (χ4n) is 1.06. The van der Waals surface area contributed by atoms with E-state index in [1.807, 2.05) is 0 Å². The van der Waals surface area contributed by atoms with Crippen molar-refractivity contribution in [1.29, 1.82) is 0 Å². The smallest absolute Gasteiger partial charge is 0.330 e. The summed E-state index contributed by atoms with van der Waals surface area (Å²) in [5, 5.41) is 0. The molecular weight excluding hydrogens is 264 g/mol. The Balaban J connectivity index is 4.24. The maximum absolute atomic E-state index is 11.2. The molecular formula is C14H22O4S. The highest BCUT2D eigenvalue weighted by molar-refractivity contribution is 7.99. The first kappa shape index (κ1) is 17.8. The van der Waals surface area contributed by atoms with E-state index < -0.39 is 18.0 Å². The van der Waals surface area contributed by atoms with Gasteiger partial charge in [0, 0.05) is 17.9 Å². The van der Waals surface area contributed by atoms with Gasteiger partial charge in [0.15, 0.2) is 0 Å². The number of esters is 2. The maximum atomic E-state index is 11.2. The summed E-state index contributed by atoms with van der Waals surface area (Å²) >= 11 is 1.65. The lowest BCUT2D eigenvalue weighted by molar-refractivity contribution is -0.151. The summed E-state index contributed by atoms with van der Waals surface area (Å²) < 4.78 is 10.0. The van der Waals surface area contributed by atoms with E-state index in [9.17, 15) is 9.59 Å². The molecule has 0 aromatic carbocycles. The van der Waals surface area contributed by atoms with Crippen molar-refractivity contribution in [3.05, 3.63) is 25.3 Å². The number of carbonyl (C=O) groups excluding carboxylic acids is 2. The highest BCUT2D eigenvalue weighted by Crippen LogP contribution is 2.21. The molecule has 5 heteroatoms. The molecule has 1 unspecified atom stereocenters. The van der Waals surface area contributed by atoms with Crippen molar-refractivity contribution < 1.29 is 19.1 Å². The molecule has 0 rings (SSSR count). The Morgan fingerprint density at radius 2 is 1.79 bits per heavy atom. The summed E-state index contributed by atoms with van der Waals surface area (Å²) in [6, 6.07) is 0. The lowest BCUT2D eigenvalue weighted by Crippen LogP contribution is -2.27. The largest absolute Gasteiger partial charge is 0.459 e. The van der Waals surface area contributed by atoms with Crippen LogP contribution >= 0.6 is 11.8 Å². The zero-order valence-electron chi connectivity index (χ0n) is 11.8. The van der Waals surface area contributed by atoms with E-state index in [1.54, 1.807) is 11.8 Å². The Labute approximate surface area is 119 Å². The van der Waals surface area contributed by atoms with Crippen molar-refractivity contribution in [2.24, 2.45) is 5.41 Å². The molecule has 0 heterocycles. The van der Waals surface area contributed by atoms with Gasteiger partial charge in [0.05, 0.1) is 0 Å². The van der Waals surface area contributed by atoms with Gasteiger partial charge in [-0.15, -0.1) is 0 Å². The standard InChI is InChI=1S/C14H22O4S/c1-6-12(15)17-8-11(18-13(16)7-2)9-19-10-14(3,4)5/h6-7,11H,1-2,8-10H2,3-5H3. The number of hydrogen-bond donors (Lipinski definition) is 0. The van der Waals surface area contributed by atoms with Gasteiger partial charge < -0.3 is 9.47 Å². The molecule has 0 saturated heterocycles. The predicted molar refractivity (Wildman–Crippen MR) is 78.0 cm³/mol. The lowest BCUT2D eigenvalue weighted by Gasteiger charge is -2.20. The quantitative estimate of drug-likeness (QED) is 0.507. The average molecular weight is 286 g/mol. The molecule has 0 radical (unpaired) electrons. The van der Waals surface area contributed by atoms with Crippen LogP contribution in [0.3, 0.4) is 0 Å². The van der Waals surface area contributed by atoms with Gasteiger partial charge in [0.2, 0.25) is 0 Å². The highest BCUT2D eigenvalue weighted by Gasteiger charge is 2.17.